The molecule has 5 rings (SSSR count). The maximum Gasteiger partial charge on any atom is 0.115 e. The Labute approximate surface area is 157 Å². The first-order valence-electron chi connectivity index (χ1n) is 8.90. The van der Waals surface area contributed by atoms with Crippen molar-refractivity contribution in [2.24, 2.45) is 0 Å². The Balaban J connectivity index is 1.77. The van der Waals surface area contributed by atoms with E-state index in [0.717, 1.165) is 51.2 Å². The van der Waals surface area contributed by atoms with Crippen molar-refractivity contribution in [3.05, 3.63) is 90.0 Å². The third-order valence-corrected chi connectivity index (χ3v) is 5.08. The molecule has 2 N–H and O–H groups in total. The predicted octanol–water partition coefficient (Wildman–Crippen LogP) is 5.40. The molecule has 0 saturated heterocycles. The van der Waals surface area contributed by atoms with Crippen LogP contribution in [-0.2, 0) is 6.42 Å². The quantitative estimate of drug-likeness (QED) is 0.448. The van der Waals surface area contributed by atoms with E-state index in [4.69, 9.17) is 4.98 Å². The van der Waals surface area contributed by atoms with E-state index in [-0.39, 0.29) is 11.5 Å². The number of fused-ring (bicyclic) bond motifs is 3. The van der Waals surface area contributed by atoms with Crippen molar-refractivity contribution in [1.29, 1.82) is 0 Å². The molecule has 0 aliphatic heterocycles. The van der Waals surface area contributed by atoms with Crippen LogP contribution in [0.3, 0.4) is 0 Å². The van der Waals surface area contributed by atoms with Crippen LogP contribution in [0.15, 0.2) is 78.9 Å². The SMILES string of the molecule is Oc1ccc(-c2cc(-c3ccccc3)nc3c2Cc2cc(O)ccc2-3)cc1. The lowest BCUT2D eigenvalue weighted by atomic mass is 9.96. The molecule has 0 unspecified atom stereocenters. The van der Waals surface area contributed by atoms with Gasteiger partial charge in [-0.1, -0.05) is 42.5 Å². The summed E-state index contributed by atoms with van der Waals surface area (Å²) in [5.41, 5.74) is 8.40. The zero-order valence-electron chi connectivity index (χ0n) is 14.6. The molecule has 1 aliphatic rings. The summed E-state index contributed by atoms with van der Waals surface area (Å²) in [6.45, 7) is 0. The molecule has 1 heterocycles. The molecule has 0 amide bonds. The molecule has 0 fully saturated rings. The van der Waals surface area contributed by atoms with Crippen molar-refractivity contribution in [3.8, 4) is 45.1 Å². The van der Waals surface area contributed by atoms with Gasteiger partial charge in [-0.15, -0.1) is 0 Å². The summed E-state index contributed by atoms with van der Waals surface area (Å²) in [6.07, 6.45) is 0.733. The average molecular weight is 351 g/mol. The highest BCUT2D eigenvalue weighted by molar-refractivity contribution is 5.86. The molecule has 1 aliphatic carbocycles. The molecular weight excluding hydrogens is 334 g/mol. The molecule has 3 aromatic carbocycles. The van der Waals surface area contributed by atoms with Crippen LogP contribution in [0.2, 0.25) is 0 Å². The van der Waals surface area contributed by atoms with Gasteiger partial charge in [-0.05, 0) is 58.7 Å². The van der Waals surface area contributed by atoms with E-state index in [1.54, 1.807) is 18.2 Å². The van der Waals surface area contributed by atoms with Gasteiger partial charge in [0, 0.05) is 17.5 Å². The molecule has 1 aromatic heterocycles. The number of phenolic OH excluding ortho intramolecular Hbond substituents is 2. The number of aromatic hydroxyl groups is 2. The van der Waals surface area contributed by atoms with E-state index in [9.17, 15) is 10.2 Å². The molecule has 0 bridgehead atoms. The monoisotopic (exact) mass is 351 g/mol. The molecule has 3 heteroatoms. The molecule has 0 saturated carbocycles. The number of hydrogen-bond acceptors (Lipinski definition) is 3. The van der Waals surface area contributed by atoms with Crippen molar-refractivity contribution in [3.63, 3.8) is 0 Å². The lowest BCUT2D eigenvalue weighted by Gasteiger charge is -2.12. The van der Waals surface area contributed by atoms with E-state index in [2.05, 4.69) is 18.2 Å². The fourth-order valence-corrected chi connectivity index (χ4v) is 3.78. The first-order valence-corrected chi connectivity index (χ1v) is 8.90. The number of nitrogens with zero attached hydrogens (tertiary/aromatic N) is 1. The molecule has 3 nitrogen and oxygen atoms in total. The first kappa shape index (κ1) is 15.6. The van der Waals surface area contributed by atoms with Crippen molar-refractivity contribution < 1.29 is 10.2 Å². The largest absolute Gasteiger partial charge is 0.508 e. The summed E-state index contributed by atoms with van der Waals surface area (Å²) < 4.78 is 0. The second-order valence-electron chi connectivity index (χ2n) is 6.81. The molecule has 0 radical (unpaired) electrons. The van der Waals surface area contributed by atoms with Gasteiger partial charge in [0.15, 0.2) is 0 Å². The topological polar surface area (TPSA) is 53.4 Å². The minimum Gasteiger partial charge on any atom is -0.508 e. The van der Waals surface area contributed by atoms with Crippen molar-refractivity contribution in [2.75, 3.05) is 0 Å². The Hall–Kier alpha value is -3.59. The standard InChI is InChI=1S/C24H17NO2/c26-18-8-6-15(7-9-18)21-14-23(16-4-2-1-3-5-16)25-24-20-11-10-19(27)12-17(20)13-22(21)24/h1-12,14,26-27H,13H2. The zero-order valence-corrected chi connectivity index (χ0v) is 14.6. The normalized spacial score (nSPS) is 11.9. The van der Waals surface area contributed by atoms with Gasteiger partial charge in [0.05, 0.1) is 11.4 Å². The van der Waals surface area contributed by atoms with E-state index in [1.165, 1.54) is 0 Å². The van der Waals surface area contributed by atoms with Crippen LogP contribution in [-0.4, -0.2) is 15.2 Å². The maximum atomic E-state index is 9.88. The summed E-state index contributed by atoms with van der Waals surface area (Å²) in [5.74, 6) is 0.525. The van der Waals surface area contributed by atoms with Gasteiger partial charge < -0.3 is 10.2 Å². The Bertz CT molecular complexity index is 1150. The smallest absolute Gasteiger partial charge is 0.115 e. The van der Waals surface area contributed by atoms with Gasteiger partial charge in [-0.3, -0.25) is 0 Å². The van der Waals surface area contributed by atoms with Crippen LogP contribution in [0.4, 0.5) is 0 Å². The Morgan fingerprint density at radius 2 is 1.41 bits per heavy atom. The Morgan fingerprint density at radius 3 is 2.19 bits per heavy atom. The number of phenols is 2. The number of aromatic nitrogens is 1. The lowest BCUT2D eigenvalue weighted by Crippen LogP contribution is -1.94. The molecule has 27 heavy (non-hydrogen) atoms. The van der Waals surface area contributed by atoms with Gasteiger partial charge in [0.2, 0.25) is 0 Å². The first-order chi connectivity index (χ1) is 13.2. The van der Waals surface area contributed by atoms with Crippen molar-refractivity contribution >= 4 is 0 Å². The maximum absolute atomic E-state index is 9.88. The van der Waals surface area contributed by atoms with Crippen molar-refractivity contribution in [2.45, 2.75) is 6.42 Å². The summed E-state index contributed by atoms with van der Waals surface area (Å²) in [6, 6.07) is 25.0. The predicted molar refractivity (Wildman–Crippen MR) is 107 cm³/mol. The number of rotatable bonds is 2. The van der Waals surface area contributed by atoms with Gasteiger partial charge in [-0.25, -0.2) is 4.98 Å². The summed E-state index contributed by atoms with van der Waals surface area (Å²) in [7, 11) is 0. The fraction of sp³-hybridized carbons (Fsp3) is 0.0417. The van der Waals surface area contributed by atoms with E-state index in [0.29, 0.717) is 0 Å². The van der Waals surface area contributed by atoms with Gasteiger partial charge in [0.1, 0.15) is 11.5 Å². The van der Waals surface area contributed by atoms with Crippen LogP contribution in [0.1, 0.15) is 11.1 Å². The third-order valence-electron chi connectivity index (χ3n) is 5.08. The number of hydrogen-bond donors (Lipinski definition) is 2. The molecule has 0 spiro atoms. The Kier molecular flexibility index (Phi) is 3.47. The minimum absolute atomic E-state index is 0.251. The summed E-state index contributed by atoms with van der Waals surface area (Å²) in [4.78, 5) is 4.97. The third kappa shape index (κ3) is 2.64. The average Bonchev–Trinajstić information content (AvgIpc) is 3.06. The minimum atomic E-state index is 0.251. The van der Waals surface area contributed by atoms with Crippen LogP contribution in [0.5, 0.6) is 11.5 Å². The lowest BCUT2D eigenvalue weighted by molar-refractivity contribution is 0.474. The summed E-state index contributed by atoms with van der Waals surface area (Å²) in [5, 5.41) is 19.5. The Morgan fingerprint density at radius 1 is 0.667 bits per heavy atom. The second kappa shape index (κ2) is 5.99. The van der Waals surface area contributed by atoms with Crippen LogP contribution in [0, 0.1) is 0 Å². The second-order valence-corrected chi connectivity index (χ2v) is 6.81. The van der Waals surface area contributed by atoms with E-state index >= 15 is 0 Å². The number of pyridine rings is 1. The van der Waals surface area contributed by atoms with Gasteiger partial charge in [-0.2, -0.15) is 0 Å². The van der Waals surface area contributed by atoms with E-state index < -0.39 is 0 Å². The fourth-order valence-electron chi connectivity index (χ4n) is 3.78. The van der Waals surface area contributed by atoms with Gasteiger partial charge >= 0.3 is 0 Å². The van der Waals surface area contributed by atoms with Gasteiger partial charge in [0.25, 0.3) is 0 Å². The van der Waals surface area contributed by atoms with E-state index in [1.807, 2.05) is 42.5 Å². The highest BCUT2D eigenvalue weighted by Gasteiger charge is 2.25. The molecule has 130 valence electrons. The summed E-state index contributed by atoms with van der Waals surface area (Å²) >= 11 is 0. The number of benzene rings is 3. The molecular formula is C24H17NO2. The van der Waals surface area contributed by atoms with Crippen molar-refractivity contribution in [1.82, 2.24) is 4.98 Å². The van der Waals surface area contributed by atoms with Crippen LogP contribution in [0.25, 0.3) is 33.6 Å². The molecule has 4 aromatic rings. The van der Waals surface area contributed by atoms with Crippen LogP contribution >= 0.6 is 0 Å². The zero-order chi connectivity index (χ0) is 18.4. The highest BCUT2D eigenvalue weighted by Crippen LogP contribution is 2.43. The molecule has 0 atom stereocenters. The van der Waals surface area contributed by atoms with Crippen LogP contribution < -0.4 is 0 Å². The highest BCUT2D eigenvalue weighted by atomic mass is 16.3.